The molecule has 0 aliphatic heterocycles. The molecule has 126 valence electrons. The maximum atomic E-state index is 11.9. The molecule has 0 bridgehead atoms. The molecule has 0 aliphatic rings. The van der Waals surface area contributed by atoms with Gasteiger partial charge in [-0.05, 0) is 29.0 Å². The van der Waals surface area contributed by atoms with E-state index in [1.165, 1.54) is 12.1 Å². The van der Waals surface area contributed by atoms with E-state index in [2.05, 4.69) is 4.74 Å². The predicted octanol–water partition coefficient (Wildman–Crippen LogP) is 2.13. The van der Waals surface area contributed by atoms with Crippen LogP contribution in [-0.4, -0.2) is 30.6 Å². The molecule has 0 aromatic heterocycles. The van der Waals surface area contributed by atoms with Crippen LogP contribution >= 0.6 is 0 Å². The molecule has 0 heterocycles. The molecule has 2 rings (SSSR count). The summed E-state index contributed by atoms with van der Waals surface area (Å²) in [6, 6.07) is 9.38. The molecule has 0 amide bonds. The van der Waals surface area contributed by atoms with Gasteiger partial charge in [-0.15, -0.1) is 0 Å². The number of esters is 2. The lowest BCUT2D eigenvalue weighted by molar-refractivity contribution is -0.200. The van der Waals surface area contributed by atoms with E-state index in [4.69, 9.17) is 15.9 Å². The number of halogens is 3. The van der Waals surface area contributed by atoms with Crippen LogP contribution in [0.2, 0.25) is 0 Å². The Labute approximate surface area is 133 Å². The number of amidine groups is 1. The lowest BCUT2D eigenvalue weighted by Gasteiger charge is -2.08. The molecule has 3 N–H and O–H groups in total. The fourth-order valence-corrected chi connectivity index (χ4v) is 1.82. The second-order valence-corrected chi connectivity index (χ2v) is 4.69. The lowest BCUT2D eigenvalue weighted by atomic mass is 10.1. The maximum Gasteiger partial charge on any atom is 0.490 e. The Morgan fingerprint density at radius 1 is 1.08 bits per heavy atom. The third kappa shape index (κ3) is 4.22. The minimum atomic E-state index is -5.17. The molecule has 0 atom stereocenters. The first-order valence-electron chi connectivity index (χ1n) is 6.49. The molecule has 9 heteroatoms. The van der Waals surface area contributed by atoms with Crippen LogP contribution in [0.4, 0.5) is 13.2 Å². The summed E-state index contributed by atoms with van der Waals surface area (Å²) in [5.74, 6) is -3.63. The average Bonchev–Trinajstić information content (AvgIpc) is 2.51. The number of nitrogen functional groups attached to an aromatic ring is 1. The van der Waals surface area contributed by atoms with Gasteiger partial charge in [-0.1, -0.05) is 18.2 Å². The van der Waals surface area contributed by atoms with Gasteiger partial charge in [0.15, 0.2) is 6.61 Å². The first kappa shape index (κ1) is 17.3. The van der Waals surface area contributed by atoms with Gasteiger partial charge < -0.3 is 15.2 Å². The zero-order chi connectivity index (χ0) is 17.9. The van der Waals surface area contributed by atoms with Gasteiger partial charge in [0.05, 0.1) is 0 Å². The standard InChI is InChI=1S/C15H11F3N2O4/c16-15(17,18)14(22)23-7-12(21)24-11-4-3-8-5-10(13(19)20)2-1-9(8)6-11/h1-6H,7H2,(H3,19,20). The van der Waals surface area contributed by atoms with Crippen molar-refractivity contribution in [2.24, 2.45) is 5.73 Å². The highest BCUT2D eigenvalue weighted by molar-refractivity contribution is 5.99. The largest absolute Gasteiger partial charge is 0.490 e. The number of ether oxygens (including phenoxy) is 2. The van der Waals surface area contributed by atoms with Gasteiger partial charge >= 0.3 is 18.1 Å². The van der Waals surface area contributed by atoms with E-state index < -0.39 is 24.7 Å². The van der Waals surface area contributed by atoms with Crippen LogP contribution in [0.1, 0.15) is 5.56 Å². The second kappa shape index (κ2) is 6.57. The minimum absolute atomic E-state index is 0.0751. The normalized spacial score (nSPS) is 11.1. The van der Waals surface area contributed by atoms with Crippen molar-refractivity contribution in [3.8, 4) is 5.75 Å². The summed E-state index contributed by atoms with van der Waals surface area (Å²) in [5, 5.41) is 8.75. The van der Waals surface area contributed by atoms with Crippen molar-refractivity contribution >= 4 is 28.5 Å². The van der Waals surface area contributed by atoms with Crippen LogP contribution in [0, 0.1) is 5.41 Å². The van der Waals surface area contributed by atoms with E-state index in [0.717, 1.165) is 5.39 Å². The topological polar surface area (TPSA) is 102 Å². The van der Waals surface area contributed by atoms with Crippen LogP contribution in [-0.2, 0) is 14.3 Å². The lowest BCUT2D eigenvalue weighted by Crippen LogP contribution is -2.28. The third-order valence-corrected chi connectivity index (χ3v) is 2.91. The van der Waals surface area contributed by atoms with Gasteiger partial charge in [0.2, 0.25) is 0 Å². The monoisotopic (exact) mass is 340 g/mol. The number of benzene rings is 2. The Morgan fingerprint density at radius 3 is 2.33 bits per heavy atom. The first-order chi connectivity index (χ1) is 11.2. The minimum Gasteiger partial charge on any atom is -0.447 e. The Morgan fingerprint density at radius 2 is 1.71 bits per heavy atom. The number of carbonyl (C=O) groups excluding carboxylic acids is 2. The summed E-state index contributed by atoms with van der Waals surface area (Å²) in [6.45, 7) is -1.15. The van der Waals surface area contributed by atoms with Crippen molar-refractivity contribution in [1.29, 1.82) is 5.41 Å². The van der Waals surface area contributed by atoms with Crippen molar-refractivity contribution in [3.05, 3.63) is 42.0 Å². The van der Waals surface area contributed by atoms with E-state index in [-0.39, 0.29) is 11.6 Å². The molecule has 0 saturated carbocycles. The molecular weight excluding hydrogens is 329 g/mol. The first-order valence-corrected chi connectivity index (χ1v) is 6.49. The molecule has 2 aromatic carbocycles. The van der Waals surface area contributed by atoms with Gasteiger partial charge in [-0.3, -0.25) is 5.41 Å². The number of carbonyl (C=O) groups is 2. The summed E-state index contributed by atoms with van der Waals surface area (Å²) >= 11 is 0. The molecule has 0 spiro atoms. The van der Waals surface area contributed by atoms with Crippen LogP contribution in [0.5, 0.6) is 5.75 Å². The van der Waals surface area contributed by atoms with Gasteiger partial charge in [0, 0.05) is 5.56 Å². The molecule has 0 radical (unpaired) electrons. The van der Waals surface area contributed by atoms with Crippen molar-refractivity contribution in [2.45, 2.75) is 6.18 Å². The highest BCUT2D eigenvalue weighted by Crippen LogP contribution is 2.22. The molecular formula is C15H11F3N2O4. The number of alkyl halides is 3. The van der Waals surface area contributed by atoms with Crippen molar-refractivity contribution in [3.63, 3.8) is 0 Å². The Kier molecular flexibility index (Phi) is 4.72. The van der Waals surface area contributed by atoms with Crippen LogP contribution in [0.3, 0.4) is 0 Å². The van der Waals surface area contributed by atoms with E-state index in [1.54, 1.807) is 24.3 Å². The van der Waals surface area contributed by atoms with Crippen LogP contribution < -0.4 is 10.5 Å². The van der Waals surface area contributed by atoms with E-state index >= 15 is 0 Å². The van der Waals surface area contributed by atoms with Gasteiger partial charge in [-0.2, -0.15) is 13.2 Å². The number of nitrogens with two attached hydrogens (primary N) is 1. The molecule has 2 aromatic rings. The Balaban J connectivity index is 2.05. The number of rotatable bonds is 4. The average molecular weight is 340 g/mol. The zero-order valence-corrected chi connectivity index (χ0v) is 12.0. The van der Waals surface area contributed by atoms with Crippen molar-refractivity contribution < 1.29 is 32.2 Å². The fraction of sp³-hybridized carbons (Fsp3) is 0.133. The third-order valence-electron chi connectivity index (χ3n) is 2.91. The van der Waals surface area contributed by atoms with E-state index in [1.807, 2.05) is 0 Å². The van der Waals surface area contributed by atoms with E-state index in [0.29, 0.717) is 10.9 Å². The highest BCUT2D eigenvalue weighted by atomic mass is 19.4. The molecule has 0 unspecified atom stereocenters. The second-order valence-electron chi connectivity index (χ2n) is 4.69. The summed E-state index contributed by atoms with van der Waals surface area (Å²) in [7, 11) is 0. The summed E-state index contributed by atoms with van der Waals surface area (Å²) in [5.41, 5.74) is 5.90. The van der Waals surface area contributed by atoms with Gasteiger partial charge in [0.1, 0.15) is 11.6 Å². The smallest absolute Gasteiger partial charge is 0.447 e. The Hall–Kier alpha value is -3.10. The summed E-state index contributed by atoms with van der Waals surface area (Å²) in [4.78, 5) is 21.9. The fourth-order valence-electron chi connectivity index (χ4n) is 1.82. The molecule has 0 fully saturated rings. The molecule has 0 aliphatic carbocycles. The number of hydrogen-bond acceptors (Lipinski definition) is 5. The van der Waals surface area contributed by atoms with Gasteiger partial charge in [-0.25, -0.2) is 9.59 Å². The Bertz CT molecular complexity index is 818. The van der Waals surface area contributed by atoms with Crippen molar-refractivity contribution in [2.75, 3.05) is 6.61 Å². The number of nitrogens with one attached hydrogen (secondary N) is 1. The predicted molar refractivity (Wildman–Crippen MR) is 77.6 cm³/mol. The summed E-state index contributed by atoms with van der Waals surface area (Å²) < 4.78 is 44.4. The number of hydrogen-bond donors (Lipinski definition) is 2. The maximum absolute atomic E-state index is 11.9. The van der Waals surface area contributed by atoms with Gasteiger partial charge in [0.25, 0.3) is 0 Å². The van der Waals surface area contributed by atoms with E-state index in [9.17, 15) is 22.8 Å². The highest BCUT2D eigenvalue weighted by Gasteiger charge is 2.41. The van der Waals surface area contributed by atoms with Crippen molar-refractivity contribution in [1.82, 2.24) is 0 Å². The summed E-state index contributed by atoms with van der Waals surface area (Å²) in [6.07, 6.45) is -5.17. The SMILES string of the molecule is N=C(N)c1ccc2cc(OC(=O)COC(=O)C(F)(F)F)ccc2c1. The van der Waals surface area contributed by atoms with Crippen LogP contribution in [0.15, 0.2) is 36.4 Å². The number of fused-ring (bicyclic) bond motifs is 1. The van der Waals surface area contributed by atoms with Crippen LogP contribution in [0.25, 0.3) is 10.8 Å². The molecule has 6 nitrogen and oxygen atoms in total. The zero-order valence-electron chi connectivity index (χ0n) is 12.0. The molecule has 0 saturated heterocycles. The quantitative estimate of drug-likeness (QED) is 0.384. The molecule has 24 heavy (non-hydrogen) atoms.